The van der Waals surface area contributed by atoms with Crippen LogP contribution in [-0.2, 0) is 5.33 Å². The van der Waals surface area contributed by atoms with Gasteiger partial charge in [-0.2, -0.15) is 0 Å². The van der Waals surface area contributed by atoms with Crippen molar-refractivity contribution in [2.45, 2.75) is 5.33 Å². The van der Waals surface area contributed by atoms with E-state index in [9.17, 15) is 4.79 Å². The van der Waals surface area contributed by atoms with Crippen molar-refractivity contribution in [1.82, 2.24) is 0 Å². The maximum Gasteiger partial charge on any atom is 0.257 e. The molecule has 2 rings (SSSR count). The highest BCUT2D eigenvalue weighted by molar-refractivity contribution is 9.10. The molecule has 0 radical (unpaired) electrons. The van der Waals surface area contributed by atoms with Gasteiger partial charge < -0.3 is 5.32 Å². The van der Waals surface area contributed by atoms with E-state index >= 15 is 0 Å². The Morgan fingerprint density at radius 1 is 1.16 bits per heavy atom. The molecule has 0 atom stereocenters. The van der Waals surface area contributed by atoms with E-state index in [0.29, 0.717) is 10.6 Å². The van der Waals surface area contributed by atoms with Crippen LogP contribution in [0.5, 0.6) is 0 Å². The summed E-state index contributed by atoms with van der Waals surface area (Å²) in [5.41, 5.74) is 2.34. The standard InChI is InChI=1S/C14H10Br2ClNO/c15-8-9-1-4-11(5-2-9)18-14(19)12-7-10(16)3-6-13(12)17/h1-7H,8H2,(H,18,19). The van der Waals surface area contributed by atoms with Crippen molar-refractivity contribution < 1.29 is 4.79 Å². The highest BCUT2D eigenvalue weighted by Crippen LogP contribution is 2.22. The van der Waals surface area contributed by atoms with Crippen molar-refractivity contribution in [3.63, 3.8) is 0 Å². The zero-order valence-corrected chi connectivity index (χ0v) is 13.7. The smallest absolute Gasteiger partial charge is 0.257 e. The number of hydrogen-bond donors (Lipinski definition) is 1. The SMILES string of the molecule is O=C(Nc1ccc(CBr)cc1)c1cc(Br)ccc1Cl. The molecule has 0 fully saturated rings. The molecule has 0 saturated heterocycles. The molecule has 1 amide bonds. The summed E-state index contributed by atoms with van der Waals surface area (Å²) in [7, 11) is 0. The maximum atomic E-state index is 12.1. The Hall–Kier alpha value is -0.840. The van der Waals surface area contributed by atoms with Crippen molar-refractivity contribution >= 4 is 55.1 Å². The quantitative estimate of drug-likeness (QED) is 0.697. The molecule has 2 aromatic rings. The molecule has 19 heavy (non-hydrogen) atoms. The third-order valence-corrected chi connectivity index (χ3v) is 4.01. The summed E-state index contributed by atoms with van der Waals surface area (Å²) in [6, 6.07) is 12.8. The summed E-state index contributed by atoms with van der Waals surface area (Å²) >= 11 is 12.7. The van der Waals surface area contributed by atoms with Gasteiger partial charge in [-0.05, 0) is 35.9 Å². The van der Waals surface area contributed by atoms with Gasteiger partial charge in [-0.1, -0.05) is 55.6 Å². The van der Waals surface area contributed by atoms with E-state index in [1.165, 1.54) is 0 Å². The number of hydrogen-bond acceptors (Lipinski definition) is 1. The minimum Gasteiger partial charge on any atom is -0.322 e. The molecule has 0 bridgehead atoms. The molecule has 0 aliphatic heterocycles. The molecule has 0 saturated carbocycles. The Kier molecular flexibility index (Phi) is 5.02. The molecular formula is C14H10Br2ClNO. The van der Waals surface area contributed by atoms with Crippen molar-refractivity contribution in [1.29, 1.82) is 0 Å². The van der Waals surface area contributed by atoms with Crippen LogP contribution in [0.25, 0.3) is 0 Å². The molecule has 1 N–H and O–H groups in total. The maximum absolute atomic E-state index is 12.1. The average Bonchev–Trinajstić information content (AvgIpc) is 2.42. The van der Waals surface area contributed by atoms with E-state index in [1.807, 2.05) is 24.3 Å². The fourth-order valence-electron chi connectivity index (χ4n) is 1.55. The predicted molar refractivity (Wildman–Crippen MR) is 86.2 cm³/mol. The molecule has 0 unspecified atom stereocenters. The van der Waals surface area contributed by atoms with Gasteiger partial charge in [0.2, 0.25) is 0 Å². The van der Waals surface area contributed by atoms with Crippen LogP contribution in [0.4, 0.5) is 5.69 Å². The van der Waals surface area contributed by atoms with E-state index < -0.39 is 0 Å². The summed E-state index contributed by atoms with van der Waals surface area (Å²) in [6.07, 6.45) is 0. The van der Waals surface area contributed by atoms with Gasteiger partial charge in [0.15, 0.2) is 0 Å². The zero-order chi connectivity index (χ0) is 13.8. The topological polar surface area (TPSA) is 29.1 Å². The van der Waals surface area contributed by atoms with Gasteiger partial charge in [-0.25, -0.2) is 0 Å². The number of carbonyl (C=O) groups is 1. The van der Waals surface area contributed by atoms with Gasteiger partial charge in [0.1, 0.15) is 0 Å². The van der Waals surface area contributed by atoms with Gasteiger partial charge in [0.05, 0.1) is 10.6 Å². The molecule has 0 aliphatic carbocycles. The van der Waals surface area contributed by atoms with Gasteiger partial charge >= 0.3 is 0 Å². The number of carbonyl (C=O) groups excluding carboxylic acids is 1. The lowest BCUT2D eigenvalue weighted by Gasteiger charge is -2.07. The lowest BCUT2D eigenvalue weighted by Crippen LogP contribution is -2.12. The first-order valence-electron chi connectivity index (χ1n) is 5.51. The lowest BCUT2D eigenvalue weighted by atomic mass is 10.2. The minimum absolute atomic E-state index is 0.224. The zero-order valence-electron chi connectivity index (χ0n) is 9.79. The summed E-state index contributed by atoms with van der Waals surface area (Å²) < 4.78 is 0.816. The van der Waals surface area contributed by atoms with Crippen molar-refractivity contribution in [3.05, 3.63) is 63.1 Å². The van der Waals surface area contributed by atoms with Crippen LogP contribution in [0.2, 0.25) is 5.02 Å². The lowest BCUT2D eigenvalue weighted by molar-refractivity contribution is 0.102. The first-order chi connectivity index (χ1) is 9.10. The van der Waals surface area contributed by atoms with Crippen LogP contribution in [0, 0.1) is 0 Å². The normalized spacial score (nSPS) is 10.3. The number of nitrogens with one attached hydrogen (secondary N) is 1. The second kappa shape index (κ2) is 6.55. The molecular weight excluding hydrogens is 393 g/mol. The second-order valence-electron chi connectivity index (χ2n) is 3.91. The highest BCUT2D eigenvalue weighted by Gasteiger charge is 2.11. The second-order valence-corrected chi connectivity index (χ2v) is 5.79. The van der Waals surface area contributed by atoms with Crippen LogP contribution in [0.15, 0.2) is 46.9 Å². The summed E-state index contributed by atoms with van der Waals surface area (Å²) in [5, 5.41) is 4.04. The fourth-order valence-corrected chi connectivity index (χ4v) is 2.49. The Balaban J connectivity index is 2.18. The van der Waals surface area contributed by atoms with Crippen LogP contribution < -0.4 is 5.32 Å². The van der Waals surface area contributed by atoms with E-state index in [0.717, 1.165) is 21.1 Å². The number of alkyl halides is 1. The van der Waals surface area contributed by atoms with E-state index in [2.05, 4.69) is 37.2 Å². The predicted octanol–water partition coefficient (Wildman–Crippen LogP) is 5.25. The van der Waals surface area contributed by atoms with Crippen LogP contribution in [0.3, 0.4) is 0 Å². The molecule has 0 heterocycles. The third kappa shape index (κ3) is 3.81. The third-order valence-electron chi connectivity index (χ3n) is 2.54. The van der Waals surface area contributed by atoms with Gasteiger partial charge in [-0.15, -0.1) is 0 Å². The van der Waals surface area contributed by atoms with Gasteiger partial charge in [0.25, 0.3) is 5.91 Å². The number of amides is 1. The number of benzene rings is 2. The van der Waals surface area contributed by atoms with Crippen LogP contribution in [0.1, 0.15) is 15.9 Å². The molecule has 0 aliphatic rings. The van der Waals surface area contributed by atoms with Crippen LogP contribution in [-0.4, -0.2) is 5.91 Å². The van der Waals surface area contributed by atoms with Crippen molar-refractivity contribution in [2.24, 2.45) is 0 Å². The Morgan fingerprint density at radius 3 is 2.47 bits per heavy atom. The van der Waals surface area contributed by atoms with E-state index in [4.69, 9.17) is 11.6 Å². The number of rotatable bonds is 3. The first-order valence-corrected chi connectivity index (χ1v) is 7.80. The summed E-state index contributed by atoms with van der Waals surface area (Å²) in [4.78, 5) is 12.1. The van der Waals surface area contributed by atoms with Gasteiger partial charge in [0, 0.05) is 15.5 Å². The molecule has 98 valence electrons. The number of halogens is 3. The highest BCUT2D eigenvalue weighted by atomic mass is 79.9. The molecule has 0 spiro atoms. The summed E-state index contributed by atoms with van der Waals surface area (Å²) in [5.74, 6) is -0.224. The van der Waals surface area contributed by atoms with Crippen molar-refractivity contribution in [3.8, 4) is 0 Å². The van der Waals surface area contributed by atoms with E-state index in [-0.39, 0.29) is 5.91 Å². The molecule has 2 aromatic carbocycles. The average molecular weight is 404 g/mol. The molecule has 2 nitrogen and oxygen atoms in total. The molecule has 0 aromatic heterocycles. The van der Waals surface area contributed by atoms with E-state index in [1.54, 1.807) is 18.2 Å². The Labute approximate surface area is 133 Å². The Morgan fingerprint density at radius 2 is 1.84 bits per heavy atom. The largest absolute Gasteiger partial charge is 0.322 e. The van der Waals surface area contributed by atoms with Crippen LogP contribution >= 0.6 is 43.5 Å². The monoisotopic (exact) mass is 401 g/mol. The first kappa shape index (κ1) is 14.6. The van der Waals surface area contributed by atoms with Crippen molar-refractivity contribution in [2.75, 3.05) is 5.32 Å². The summed E-state index contributed by atoms with van der Waals surface area (Å²) in [6.45, 7) is 0. The fraction of sp³-hybridized carbons (Fsp3) is 0.0714. The number of anilines is 1. The minimum atomic E-state index is -0.224. The molecule has 5 heteroatoms. The van der Waals surface area contributed by atoms with Gasteiger partial charge in [-0.3, -0.25) is 4.79 Å². The Bertz CT molecular complexity index is 599.